The zero-order chi connectivity index (χ0) is 14.8. The van der Waals surface area contributed by atoms with E-state index in [0.717, 1.165) is 31.2 Å². The van der Waals surface area contributed by atoms with Gasteiger partial charge in [0.05, 0.1) is 5.54 Å². The molecule has 0 bridgehead atoms. The second kappa shape index (κ2) is 6.15. The van der Waals surface area contributed by atoms with E-state index in [2.05, 4.69) is 6.92 Å². The Morgan fingerprint density at radius 3 is 2.50 bits per heavy atom. The smallest absolute Gasteiger partial charge is 0.242 e. The first-order chi connectivity index (χ1) is 9.44. The van der Waals surface area contributed by atoms with Gasteiger partial charge in [0, 0.05) is 17.6 Å². The van der Waals surface area contributed by atoms with Crippen molar-refractivity contribution >= 4 is 17.5 Å². The number of halogens is 1. The molecular formula is C16H23ClN2O. The number of amides is 1. The lowest BCUT2D eigenvalue weighted by atomic mass is 9.95. The van der Waals surface area contributed by atoms with Crippen LogP contribution in [-0.4, -0.2) is 22.4 Å². The molecule has 1 aromatic rings. The lowest BCUT2D eigenvalue weighted by molar-refractivity contribution is -0.138. The second-order valence-corrected chi connectivity index (χ2v) is 6.39. The maximum absolute atomic E-state index is 12.7. The Morgan fingerprint density at radius 2 is 2.00 bits per heavy atom. The summed E-state index contributed by atoms with van der Waals surface area (Å²) in [5.41, 5.74) is 6.54. The summed E-state index contributed by atoms with van der Waals surface area (Å²) in [7, 11) is 0. The summed E-state index contributed by atoms with van der Waals surface area (Å²) in [4.78, 5) is 14.6. The van der Waals surface area contributed by atoms with E-state index in [9.17, 15) is 4.79 Å². The van der Waals surface area contributed by atoms with Crippen molar-refractivity contribution in [2.75, 3.05) is 0 Å². The van der Waals surface area contributed by atoms with E-state index < -0.39 is 5.54 Å². The van der Waals surface area contributed by atoms with Crippen LogP contribution in [0.1, 0.15) is 45.1 Å². The Hall–Kier alpha value is -1.06. The summed E-state index contributed by atoms with van der Waals surface area (Å²) in [6, 6.07) is 8.02. The van der Waals surface area contributed by atoms with Gasteiger partial charge >= 0.3 is 0 Å². The van der Waals surface area contributed by atoms with E-state index in [1.807, 2.05) is 36.1 Å². The largest absolute Gasteiger partial charge is 0.334 e. The molecule has 0 radical (unpaired) electrons. The van der Waals surface area contributed by atoms with Crippen LogP contribution in [0.4, 0.5) is 0 Å². The molecule has 1 aromatic carbocycles. The van der Waals surface area contributed by atoms with Gasteiger partial charge in [0.15, 0.2) is 0 Å². The minimum atomic E-state index is -0.760. The molecule has 2 rings (SSSR count). The molecule has 3 nitrogen and oxygen atoms in total. The molecule has 1 unspecified atom stereocenters. The number of nitrogens with zero attached hydrogens (tertiary/aromatic N) is 1. The van der Waals surface area contributed by atoms with Crippen molar-refractivity contribution in [3.05, 3.63) is 34.9 Å². The van der Waals surface area contributed by atoms with E-state index in [1.54, 1.807) is 0 Å². The average Bonchev–Trinajstić information content (AvgIpc) is 3.21. The van der Waals surface area contributed by atoms with Gasteiger partial charge < -0.3 is 10.6 Å². The normalized spacial score (nSPS) is 17.6. The molecule has 1 amide bonds. The predicted octanol–water partition coefficient (Wildman–Crippen LogP) is 3.35. The van der Waals surface area contributed by atoms with Crippen molar-refractivity contribution in [3.8, 4) is 0 Å². The molecule has 1 atom stereocenters. The summed E-state index contributed by atoms with van der Waals surface area (Å²) in [5, 5.41) is 0.715. The minimum absolute atomic E-state index is 0.0665. The lowest BCUT2D eigenvalue weighted by Crippen LogP contribution is -2.53. The van der Waals surface area contributed by atoms with Crippen molar-refractivity contribution in [3.63, 3.8) is 0 Å². The standard InChI is InChI=1S/C16H23ClN2O/c1-3-10-16(2,18)15(20)19(14-8-9-14)11-12-4-6-13(17)7-5-12/h4-7,14H,3,8-11,18H2,1-2H3. The molecule has 2 N–H and O–H groups in total. The zero-order valence-electron chi connectivity index (χ0n) is 12.2. The van der Waals surface area contributed by atoms with E-state index in [-0.39, 0.29) is 5.91 Å². The van der Waals surface area contributed by atoms with Crippen LogP contribution < -0.4 is 5.73 Å². The Balaban J connectivity index is 2.11. The molecule has 0 heterocycles. The number of nitrogens with two attached hydrogens (primary N) is 1. The van der Waals surface area contributed by atoms with Gasteiger partial charge in [0.2, 0.25) is 5.91 Å². The first-order valence-corrected chi connectivity index (χ1v) is 7.66. The Bertz CT molecular complexity index is 466. The maximum atomic E-state index is 12.7. The molecule has 1 saturated carbocycles. The van der Waals surface area contributed by atoms with Crippen LogP contribution in [0.3, 0.4) is 0 Å². The highest BCUT2D eigenvalue weighted by molar-refractivity contribution is 6.30. The molecule has 4 heteroatoms. The van der Waals surface area contributed by atoms with Crippen LogP contribution in [0.5, 0.6) is 0 Å². The fraction of sp³-hybridized carbons (Fsp3) is 0.562. The highest BCUT2D eigenvalue weighted by Crippen LogP contribution is 2.31. The number of hydrogen-bond acceptors (Lipinski definition) is 2. The quantitative estimate of drug-likeness (QED) is 0.874. The number of hydrogen-bond donors (Lipinski definition) is 1. The fourth-order valence-corrected chi connectivity index (χ4v) is 2.62. The van der Waals surface area contributed by atoms with Crippen LogP contribution in [0.25, 0.3) is 0 Å². The molecule has 0 saturated heterocycles. The lowest BCUT2D eigenvalue weighted by Gasteiger charge is -2.32. The van der Waals surface area contributed by atoms with Crippen LogP contribution in [0, 0.1) is 0 Å². The molecular weight excluding hydrogens is 272 g/mol. The van der Waals surface area contributed by atoms with Gasteiger partial charge in [-0.3, -0.25) is 4.79 Å². The molecule has 20 heavy (non-hydrogen) atoms. The van der Waals surface area contributed by atoms with E-state index in [0.29, 0.717) is 17.6 Å². The molecule has 0 aliphatic heterocycles. The predicted molar refractivity (Wildman–Crippen MR) is 82.5 cm³/mol. The third kappa shape index (κ3) is 3.74. The molecule has 1 fully saturated rings. The van der Waals surface area contributed by atoms with Crippen LogP contribution in [-0.2, 0) is 11.3 Å². The van der Waals surface area contributed by atoms with Gasteiger partial charge in [0.1, 0.15) is 0 Å². The van der Waals surface area contributed by atoms with Gasteiger partial charge in [-0.2, -0.15) is 0 Å². The van der Waals surface area contributed by atoms with Crippen LogP contribution >= 0.6 is 11.6 Å². The first-order valence-electron chi connectivity index (χ1n) is 7.28. The fourth-order valence-electron chi connectivity index (χ4n) is 2.49. The van der Waals surface area contributed by atoms with Crippen molar-refractivity contribution in [1.29, 1.82) is 0 Å². The molecule has 110 valence electrons. The summed E-state index contributed by atoms with van der Waals surface area (Å²) < 4.78 is 0. The zero-order valence-corrected chi connectivity index (χ0v) is 13.0. The number of rotatable bonds is 6. The van der Waals surface area contributed by atoms with Crippen molar-refractivity contribution in [1.82, 2.24) is 4.90 Å². The second-order valence-electron chi connectivity index (χ2n) is 5.96. The van der Waals surface area contributed by atoms with Gasteiger partial charge in [-0.15, -0.1) is 0 Å². The molecule has 1 aliphatic carbocycles. The highest BCUT2D eigenvalue weighted by Gasteiger charge is 2.39. The van der Waals surface area contributed by atoms with E-state index in [1.165, 1.54) is 0 Å². The van der Waals surface area contributed by atoms with E-state index in [4.69, 9.17) is 17.3 Å². The maximum Gasteiger partial charge on any atom is 0.242 e. The van der Waals surface area contributed by atoms with Gasteiger partial charge in [-0.25, -0.2) is 0 Å². The summed E-state index contributed by atoms with van der Waals surface area (Å²) in [6.07, 6.45) is 3.80. The third-order valence-electron chi connectivity index (χ3n) is 3.77. The van der Waals surface area contributed by atoms with Gasteiger partial charge in [-0.1, -0.05) is 37.1 Å². The highest BCUT2D eigenvalue weighted by atomic mass is 35.5. The van der Waals surface area contributed by atoms with Crippen LogP contribution in [0.2, 0.25) is 5.02 Å². The molecule has 1 aliphatic rings. The van der Waals surface area contributed by atoms with Gasteiger partial charge in [0.25, 0.3) is 0 Å². The Morgan fingerprint density at radius 1 is 1.40 bits per heavy atom. The third-order valence-corrected chi connectivity index (χ3v) is 4.02. The monoisotopic (exact) mass is 294 g/mol. The topological polar surface area (TPSA) is 46.3 Å². The average molecular weight is 295 g/mol. The number of carbonyl (C=O) groups excluding carboxylic acids is 1. The Labute approximate surface area is 126 Å². The minimum Gasteiger partial charge on any atom is -0.334 e. The Kier molecular flexibility index (Phi) is 4.71. The molecule has 0 spiro atoms. The first kappa shape index (κ1) is 15.3. The number of benzene rings is 1. The number of carbonyl (C=O) groups is 1. The van der Waals surface area contributed by atoms with Crippen LogP contribution in [0.15, 0.2) is 24.3 Å². The summed E-state index contributed by atoms with van der Waals surface area (Å²) in [5.74, 6) is 0.0665. The summed E-state index contributed by atoms with van der Waals surface area (Å²) in [6.45, 7) is 4.52. The van der Waals surface area contributed by atoms with E-state index >= 15 is 0 Å². The van der Waals surface area contributed by atoms with Crippen molar-refractivity contribution < 1.29 is 4.79 Å². The SMILES string of the molecule is CCCC(C)(N)C(=O)N(Cc1ccc(Cl)cc1)C1CC1. The van der Waals surface area contributed by atoms with Crippen molar-refractivity contribution in [2.45, 2.75) is 57.7 Å². The van der Waals surface area contributed by atoms with Crippen molar-refractivity contribution in [2.24, 2.45) is 5.73 Å². The molecule has 0 aromatic heterocycles. The summed E-state index contributed by atoms with van der Waals surface area (Å²) >= 11 is 5.90. The van der Waals surface area contributed by atoms with Gasteiger partial charge in [-0.05, 0) is 43.9 Å².